The smallest absolute Gasteiger partial charge is 0.371 e. The van der Waals surface area contributed by atoms with Crippen LogP contribution in [-0.2, 0) is 6.54 Å². The molecule has 0 fully saturated rings. The largest absolute Gasteiger partial charge is 0.475 e. The van der Waals surface area contributed by atoms with Crippen molar-refractivity contribution >= 4 is 11.7 Å². The van der Waals surface area contributed by atoms with Crippen LogP contribution >= 0.6 is 0 Å². The predicted molar refractivity (Wildman–Crippen MR) is 68.9 cm³/mol. The van der Waals surface area contributed by atoms with E-state index in [1.54, 1.807) is 12.1 Å². The van der Waals surface area contributed by atoms with Gasteiger partial charge in [0.25, 0.3) is 0 Å². The van der Waals surface area contributed by atoms with Crippen LogP contribution in [0.3, 0.4) is 0 Å². The van der Waals surface area contributed by atoms with Gasteiger partial charge in [-0.3, -0.25) is 0 Å². The van der Waals surface area contributed by atoms with Crippen molar-refractivity contribution in [2.45, 2.75) is 13.5 Å². The summed E-state index contributed by atoms with van der Waals surface area (Å²) in [5.41, 5.74) is 2.28. The Morgan fingerprint density at radius 3 is 2.84 bits per heavy atom. The Hall–Kier alpha value is -2.74. The standard InChI is InChI=1S/C14H12N2O3/c1-9-2-3-10(7-15)12(6-9)16-8-11-4-5-13(19-11)14(17)18/h2-6,16H,8H2,1H3,(H,17,18). The summed E-state index contributed by atoms with van der Waals surface area (Å²) in [4.78, 5) is 10.7. The molecule has 0 radical (unpaired) electrons. The molecule has 1 aromatic carbocycles. The van der Waals surface area contributed by atoms with Gasteiger partial charge < -0.3 is 14.8 Å². The molecule has 19 heavy (non-hydrogen) atoms. The van der Waals surface area contributed by atoms with Crippen LogP contribution in [0.15, 0.2) is 34.7 Å². The summed E-state index contributed by atoms with van der Waals surface area (Å²) in [5, 5.41) is 20.8. The number of benzene rings is 1. The molecule has 0 saturated carbocycles. The van der Waals surface area contributed by atoms with Gasteiger partial charge in [0.05, 0.1) is 17.8 Å². The fraction of sp³-hybridized carbons (Fsp3) is 0.143. The van der Waals surface area contributed by atoms with Gasteiger partial charge >= 0.3 is 5.97 Å². The van der Waals surface area contributed by atoms with Crippen LogP contribution in [0.1, 0.15) is 27.4 Å². The summed E-state index contributed by atoms with van der Waals surface area (Å²) in [5.74, 6) is -0.691. The van der Waals surface area contributed by atoms with Gasteiger partial charge in [-0.25, -0.2) is 4.79 Å². The lowest BCUT2D eigenvalue weighted by Crippen LogP contribution is -2.01. The third-order valence-electron chi connectivity index (χ3n) is 2.62. The number of nitrogens with one attached hydrogen (secondary N) is 1. The quantitative estimate of drug-likeness (QED) is 0.878. The molecule has 2 N–H and O–H groups in total. The molecule has 2 rings (SSSR count). The Morgan fingerprint density at radius 2 is 2.21 bits per heavy atom. The zero-order valence-corrected chi connectivity index (χ0v) is 10.3. The molecule has 0 bridgehead atoms. The molecule has 0 spiro atoms. The van der Waals surface area contributed by atoms with Crippen molar-refractivity contribution < 1.29 is 14.3 Å². The number of furan rings is 1. The topological polar surface area (TPSA) is 86.3 Å². The molecule has 0 saturated heterocycles. The molecule has 5 nitrogen and oxygen atoms in total. The Bertz CT molecular complexity index is 653. The average Bonchev–Trinajstić information content (AvgIpc) is 2.85. The van der Waals surface area contributed by atoms with Gasteiger partial charge in [-0.05, 0) is 36.8 Å². The second-order valence-electron chi connectivity index (χ2n) is 4.09. The van der Waals surface area contributed by atoms with Gasteiger partial charge in [-0.2, -0.15) is 5.26 Å². The van der Waals surface area contributed by atoms with Gasteiger partial charge in [0.1, 0.15) is 11.8 Å². The highest BCUT2D eigenvalue weighted by Crippen LogP contribution is 2.18. The number of carboxylic acids is 1. The van der Waals surface area contributed by atoms with E-state index in [1.807, 2.05) is 19.1 Å². The SMILES string of the molecule is Cc1ccc(C#N)c(NCc2ccc(C(=O)O)o2)c1. The number of carbonyl (C=O) groups is 1. The molecule has 0 amide bonds. The summed E-state index contributed by atoms with van der Waals surface area (Å²) in [6, 6.07) is 10.6. The number of aromatic carboxylic acids is 1. The number of rotatable bonds is 4. The van der Waals surface area contributed by atoms with Crippen LogP contribution in [0.2, 0.25) is 0 Å². The highest BCUT2D eigenvalue weighted by atomic mass is 16.4. The number of nitrogens with zero attached hydrogens (tertiary/aromatic N) is 1. The van der Waals surface area contributed by atoms with E-state index < -0.39 is 5.97 Å². The zero-order chi connectivity index (χ0) is 13.8. The van der Waals surface area contributed by atoms with Crippen molar-refractivity contribution in [1.82, 2.24) is 0 Å². The van der Waals surface area contributed by atoms with E-state index in [4.69, 9.17) is 14.8 Å². The molecule has 0 aliphatic carbocycles. The Morgan fingerprint density at radius 1 is 1.42 bits per heavy atom. The van der Waals surface area contributed by atoms with Crippen LogP contribution in [0.4, 0.5) is 5.69 Å². The minimum Gasteiger partial charge on any atom is -0.475 e. The molecule has 0 atom stereocenters. The first-order valence-corrected chi connectivity index (χ1v) is 5.67. The van der Waals surface area contributed by atoms with E-state index in [9.17, 15) is 4.79 Å². The molecule has 1 heterocycles. The first-order valence-electron chi connectivity index (χ1n) is 5.67. The van der Waals surface area contributed by atoms with Crippen molar-refractivity contribution in [2.24, 2.45) is 0 Å². The predicted octanol–water partition coefficient (Wildman–Crippen LogP) is 2.77. The number of anilines is 1. The maximum absolute atomic E-state index is 10.7. The molecular formula is C14H12N2O3. The van der Waals surface area contributed by atoms with Gasteiger partial charge in [0.15, 0.2) is 0 Å². The normalized spacial score (nSPS) is 9.89. The van der Waals surface area contributed by atoms with Crippen molar-refractivity contribution in [3.05, 3.63) is 53.0 Å². The monoisotopic (exact) mass is 256 g/mol. The first-order chi connectivity index (χ1) is 9.10. The summed E-state index contributed by atoms with van der Waals surface area (Å²) >= 11 is 0. The van der Waals surface area contributed by atoms with Crippen LogP contribution in [0, 0.1) is 18.3 Å². The molecule has 0 aliphatic rings. The molecule has 1 aromatic heterocycles. The molecule has 5 heteroatoms. The molecular weight excluding hydrogens is 244 g/mol. The second-order valence-corrected chi connectivity index (χ2v) is 4.09. The van der Waals surface area contributed by atoms with E-state index in [-0.39, 0.29) is 5.76 Å². The fourth-order valence-electron chi connectivity index (χ4n) is 1.67. The van der Waals surface area contributed by atoms with Crippen molar-refractivity contribution in [3.8, 4) is 6.07 Å². The summed E-state index contributed by atoms with van der Waals surface area (Å²) in [6.45, 7) is 2.26. The Balaban J connectivity index is 2.12. The summed E-state index contributed by atoms with van der Waals surface area (Å²) in [7, 11) is 0. The van der Waals surface area contributed by atoms with Crippen molar-refractivity contribution in [3.63, 3.8) is 0 Å². The van der Waals surface area contributed by atoms with Crippen LogP contribution in [0.5, 0.6) is 0 Å². The van der Waals surface area contributed by atoms with E-state index in [2.05, 4.69) is 11.4 Å². The number of carboxylic acid groups (broad SMARTS) is 1. The minimum atomic E-state index is -1.10. The fourth-order valence-corrected chi connectivity index (χ4v) is 1.67. The number of nitriles is 1. The van der Waals surface area contributed by atoms with Crippen molar-refractivity contribution in [1.29, 1.82) is 5.26 Å². The van der Waals surface area contributed by atoms with Gasteiger partial charge in [0.2, 0.25) is 5.76 Å². The maximum Gasteiger partial charge on any atom is 0.371 e. The van der Waals surface area contributed by atoms with Gasteiger partial charge in [-0.15, -0.1) is 0 Å². The second kappa shape index (κ2) is 5.27. The Labute approximate surface area is 110 Å². The van der Waals surface area contributed by atoms with E-state index in [0.29, 0.717) is 23.6 Å². The zero-order valence-electron chi connectivity index (χ0n) is 10.3. The minimum absolute atomic E-state index is 0.0958. The molecule has 2 aromatic rings. The number of aryl methyl sites for hydroxylation is 1. The summed E-state index contributed by atoms with van der Waals surface area (Å²) < 4.78 is 5.13. The van der Waals surface area contributed by atoms with Crippen molar-refractivity contribution in [2.75, 3.05) is 5.32 Å². The number of hydrogen-bond donors (Lipinski definition) is 2. The lowest BCUT2D eigenvalue weighted by molar-refractivity contribution is 0.0660. The van der Waals surface area contributed by atoms with Crippen LogP contribution in [-0.4, -0.2) is 11.1 Å². The summed E-state index contributed by atoms with van der Waals surface area (Å²) in [6.07, 6.45) is 0. The highest BCUT2D eigenvalue weighted by Gasteiger charge is 2.09. The third kappa shape index (κ3) is 2.93. The maximum atomic E-state index is 10.7. The third-order valence-corrected chi connectivity index (χ3v) is 2.62. The lowest BCUT2D eigenvalue weighted by Gasteiger charge is -2.07. The molecule has 96 valence electrons. The van der Waals surface area contributed by atoms with E-state index >= 15 is 0 Å². The van der Waals surface area contributed by atoms with Crippen LogP contribution < -0.4 is 5.32 Å². The van der Waals surface area contributed by atoms with E-state index in [0.717, 1.165) is 5.56 Å². The van der Waals surface area contributed by atoms with E-state index in [1.165, 1.54) is 6.07 Å². The highest BCUT2D eigenvalue weighted by molar-refractivity contribution is 5.84. The average molecular weight is 256 g/mol. The molecule has 0 aliphatic heterocycles. The lowest BCUT2D eigenvalue weighted by atomic mass is 10.1. The number of hydrogen-bond acceptors (Lipinski definition) is 4. The van der Waals surface area contributed by atoms with Crippen LogP contribution in [0.25, 0.3) is 0 Å². The van der Waals surface area contributed by atoms with Gasteiger partial charge in [0, 0.05) is 0 Å². The Kier molecular flexibility index (Phi) is 3.53. The molecule has 0 unspecified atom stereocenters. The first kappa shape index (κ1) is 12.7. The van der Waals surface area contributed by atoms with Gasteiger partial charge in [-0.1, -0.05) is 6.07 Å².